The standard InChI is InChI=1S/C20H25N3O4/c1-13(2)18(25)22-9-7-20(8-10-22)11-16(20)21-17(24)12-23-14-5-3-4-6-15(14)27-19(23)26/h3-6,13,16H,7-12H2,1-2H3,(H,21,24). The molecule has 1 atom stereocenters. The maximum atomic E-state index is 12.5. The predicted octanol–water partition coefficient (Wildman–Crippen LogP) is 1.75. The lowest BCUT2D eigenvalue weighted by Gasteiger charge is -2.34. The molecule has 0 bridgehead atoms. The Morgan fingerprint density at radius 1 is 1.26 bits per heavy atom. The largest absolute Gasteiger partial charge is 0.420 e. The zero-order chi connectivity index (χ0) is 19.2. The molecule has 1 saturated carbocycles. The van der Waals surface area contributed by atoms with Gasteiger partial charge in [-0.05, 0) is 36.8 Å². The fourth-order valence-corrected chi connectivity index (χ4v) is 4.19. The highest BCUT2D eigenvalue weighted by Crippen LogP contribution is 2.53. The zero-order valence-electron chi connectivity index (χ0n) is 15.7. The summed E-state index contributed by atoms with van der Waals surface area (Å²) in [6.07, 6.45) is 2.79. The number of carbonyl (C=O) groups excluding carboxylic acids is 2. The van der Waals surface area contributed by atoms with Gasteiger partial charge in [0.15, 0.2) is 5.58 Å². The van der Waals surface area contributed by atoms with Crippen molar-refractivity contribution in [2.24, 2.45) is 11.3 Å². The highest BCUT2D eigenvalue weighted by molar-refractivity contribution is 5.80. The lowest BCUT2D eigenvalue weighted by Crippen LogP contribution is -2.43. The van der Waals surface area contributed by atoms with Crippen molar-refractivity contribution in [2.75, 3.05) is 13.1 Å². The molecular formula is C20H25N3O4. The lowest BCUT2D eigenvalue weighted by molar-refractivity contribution is -0.136. The number of piperidine rings is 1. The van der Waals surface area contributed by atoms with Gasteiger partial charge < -0.3 is 14.6 Å². The lowest BCUT2D eigenvalue weighted by atomic mass is 9.92. The predicted molar refractivity (Wildman–Crippen MR) is 100 cm³/mol. The van der Waals surface area contributed by atoms with E-state index in [4.69, 9.17) is 4.42 Å². The van der Waals surface area contributed by atoms with Crippen LogP contribution in [0.2, 0.25) is 0 Å². The maximum Gasteiger partial charge on any atom is 0.420 e. The van der Waals surface area contributed by atoms with Crippen molar-refractivity contribution < 1.29 is 14.0 Å². The Morgan fingerprint density at radius 2 is 1.96 bits per heavy atom. The first kappa shape index (κ1) is 17.8. The molecule has 1 saturated heterocycles. The topological polar surface area (TPSA) is 84.5 Å². The first-order valence-electron chi connectivity index (χ1n) is 9.56. The fourth-order valence-electron chi connectivity index (χ4n) is 4.19. The summed E-state index contributed by atoms with van der Waals surface area (Å²) in [6.45, 7) is 5.33. The number of rotatable bonds is 4. The molecule has 1 spiro atoms. The number of nitrogens with zero attached hydrogens (tertiary/aromatic N) is 2. The minimum absolute atomic E-state index is 0.0249. The third-order valence-corrected chi connectivity index (χ3v) is 5.97. The van der Waals surface area contributed by atoms with E-state index in [1.807, 2.05) is 24.8 Å². The number of nitrogens with one attached hydrogen (secondary N) is 1. The molecule has 1 unspecified atom stereocenters. The van der Waals surface area contributed by atoms with Crippen LogP contribution in [0.4, 0.5) is 0 Å². The summed E-state index contributed by atoms with van der Waals surface area (Å²) in [5.74, 6) is -0.460. The van der Waals surface area contributed by atoms with E-state index in [0.29, 0.717) is 11.1 Å². The molecule has 2 heterocycles. The Kier molecular flexibility index (Phi) is 4.32. The van der Waals surface area contributed by atoms with Crippen molar-refractivity contribution in [1.82, 2.24) is 14.8 Å². The molecule has 2 amide bonds. The molecule has 1 aromatic heterocycles. The van der Waals surface area contributed by atoms with E-state index >= 15 is 0 Å². The Balaban J connectivity index is 1.35. The summed E-state index contributed by atoms with van der Waals surface area (Å²) in [5.41, 5.74) is 1.23. The van der Waals surface area contributed by atoms with E-state index in [1.54, 1.807) is 18.2 Å². The van der Waals surface area contributed by atoms with Crippen molar-refractivity contribution in [2.45, 2.75) is 45.7 Å². The third-order valence-electron chi connectivity index (χ3n) is 5.97. The fraction of sp³-hybridized carbons (Fsp3) is 0.550. The molecule has 7 heteroatoms. The second-order valence-corrected chi connectivity index (χ2v) is 8.09. The Hall–Kier alpha value is -2.57. The first-order valence-corrected chi connectivity index (χ1v) is 9.56. The van der Waals surface area contributed by atoms with Crippen LogP contribution in [-0.2, 0) is 16.1 Å². The monoisotopic (exact) mass is 371 g/mol. The van der Waals surface area contributed by atoms with Crippen LogP contribution in [0.5, 0.6) is 0 Å². The first-order chi connectivity index (χ1) is 12.9. The molecule has 27 heavy (non-hydrogen) atoms. The molecule has 1 N–H and O–H groups in total. The molecule has 2 aliphatic rings. The van der Waals surface area contributed by atoms with Gasteiger partial charge in [0.25, 0.3) is 0 Å². The smallest absolute Gasteiger partial charge is 0.408 e. The van der Waals surface area contributed by atoms with Crippen molar-refractivity contribution in [3.63, 3.8) is 0 Å². The van der Waals surface area contributed by atoms with Gasteiger partial charge >= 0.3 is 5.76 Å². The Bertz CT molecular complexity index is 934. The van der Waals surface area contributed by atoms with Gasteiger partial charge in [0, 0.05) is 25.0 Å². The van der Waals surface area contributed by atoms with Gasteiger partial charge in [-0.15, -0.1) is 0 Å². The minimum atomic E-state index is -0.516. The van der Waals surface area contributed by atoms with Gasteiger partial charge in [-0.1, -0.05) is 26.0 Å². The second-order valence-electron chi connectivity index (χ2n) is 8.09. The number of amides is 2. The van der Waals surface area contributed by atoms with Gasteiger partial charge in [-0.25, -0.2) is 4.79 Å². The third kappa shape index (κ3) is 3.26. The number of para-hydroxylation sites is 2. The second kappa shape index (κ2) is 6.55. The highest BCUT2D eigenvalue weighted by Gasteiger charge is 2.55. The number of carbonyl (C=O) groups is 2. The number of hydrogen-bond acceptors (Lipinski definition) is 4. The molecule has 1 aliphatic carbocycles. The van der Waals surface area contributed by atoms with Crippen LogP contribution in [0.25, 0.3) is 11.1 Å². The van der Waals surface area contributed by atoms with E-state index < -0.39 is 5.76 Å². The van der Waals surface area contributed by atoms with E-state index in [1.165, 1.54) is 4.57 Å². The van der Waals surface area contributed by atoms with E-state index in [0.717, 1.165) is 32.4 Å². The average molecular weight is 371 g/mol. The summed E-state index contributed by atoms with van der Waals surface area (Å²) >= 11 is 0. The van der Waals surface area contributed by atoms with Crippen LogP contribution in [0, 0.1) is 11.3 Å². The molecule has 1 aliphatic heterocycles. The van der Waals surface area contributed by atoms with Crippen LogP contribution < -0.4 is 11.1 Å². The minimum Gasteiger partial charge on any atom is -0.408 e. The summed E-state index contributed by atoms with van der Waals surface area (Å²) < 4.78 is 6.54. The summed E-state index contributed by atoms with van der Waals surface area (Å²) in [7, 11) is 0. The van der Waals surface area contributed by atoms with E-state index in [-0.39, 0.29) is 35.7 Å². The van der Waals surface area contributed by atoms with Crippen molar-refractivity contribution in [3.8, 4) is 0 Å². The van der Waals surface area contributed by atoms with Crippen molar-refractivity contribution in [1.29, 1.82) is 0 Å². The molecule has 2 aromatic rings. The quantitative estimate of drug-likeness (QED) is 0.887. The Morgan fingerprint density at radius 3 is 2.67 bits per heavy atom. The Labute approximate surface area is 157 Å². The van der Waals surface area contributed by atoms with E-state index in [9.17, 15) is 14.4 Å². The van der Waals surface area contributed by atoms with Gasteiger partial charge in [-0.2, -0.15) is 0 Å². The summed E-state index contributed by atoms with van der Waals surface area (Å²) in [5, 5.41) is 3.07. The van der Waals surface area contributed by atoms with E-state index in [2.05, 4.69) is 5.32 Å². The number of aromatic nitrogens is 1. The summed E-state index contributed by atoms with van der Waals surface area (Å²) in [6, 6.07) is 7.23. The zero-order valence-corrected chi connectivity index (χ0v) is 15.7. The molecule has 7 nitrogen and oxygen atoms in total. The molecule has 4 rings (SSSR count). The van der Waals surface area contributed by atoms with Gasteiger partial charge in [0.1, 0.15) is 6.54 Å². The number of fused-ring (bicyclic) bond motifs is 1. The molecule has 1 aromatic carbocycles. The number of likely N-dealkylation sites (tertiary alicyclic amines) is 1. The van der Waals surface area contributed by atoms with Crippen LogP contribution in [-0.4, -0.2) is 40.4 Å². The molecule has 2 fully saturated rings. The number of hydrogen-bond donors (Lipinski definition) is 1. The number of benzene rings is 1. The van der Waals surface area contributed by atoms with Crippen molar-refractivity contribution >= 4 is 22.9 Å². The normalized spacial score (nSPS) is 21.0. The highest BCUT2D eigenvalue weighted by atomic mass is 16.4. The van der Waals surface area contributed by atoms with Gasteiger partial charge in [0.2, 0.25) is 11.8 Å². The average Bonchev–Trinajstić information content (AvgIpc) is 3.19. The van der Waals surface area contributed by atoms with Crippen LogP contribution in [0.1, 0.15) is 33.1 Å². The number of oxazole rings is 1. The molecular weight excluding hydrogens is 346 g/mol. The SMILES string of the molecule is CC(C)C(=O)N1CCC2(CC1)CC2NC(=O)Cn1c(=O)oc2ccccc21. The maximum absolute atomic E-state index is 12.5. The van der Waals surface area contributed by atoms with Crippen LogP contribution in [0.3, 0.4) is 0 Å². The molecule has 0 radical (unpaired) electrons. The summed E-state index contributed by atoms with van der Waals surface area (Å²) in [4.78, 5) is 38.5. The van der Waals surface area contributed by atoms with Crippen LogP contribution in [0.15, 0.2) is 33.5 Å². The van der Waals surface area contributed by atoms with Gasteiger partial charge in [-0.3, -0.25) is 14.2 Å². The van der Waals surface area contributed by atoms with Crippen molar-refractivity contribution in [3.05, 3.63) is 34.8 Å². The van der Waals surface area contributed by atoms with Gasteiger partial charge in [0.05, 0.1) is 5.52 Å². The van der Waals surface area contributed by atoms with Crippen LogP contribution >= 0.6 is 0 Å². The molecule has 144 valence electrons.